The van der Waals surface area contributed by atoms with Crippen molar-refractivity contribution in [2.45, 2.75) is 13.0 Å². The molecule has 5 heteroatoms. The van der Waals surface area contributed by atoms with Crippen LogP contribution in [0.25, 0.3) is 0 Å². The molecule has 1 saturated heterocycles. The fourth-order valence-corrected chi connectivity index (χ4v) is 2.84. The van der Waals surface area contributed by atoms with E-state index in [2.05, 4.69) is 33.1 Å². The number of benzene rings is 1. The second kappa shape index (κ2) is 6.69. The molecule has 0 unspecified atom stereocenters. The van der Waals surface area contributed by atoms with Crippen LogP contribution in [0.4, 0.5) is 4.39 Å². The van der Waals surface area contributed by atoms with Gasteiger partial charge in [0.1, 0.15) is 5.82 Å². The van der Waals surface area contributed by atoms with Gasteiger partial charge in [-0.1, -0.05) is 22.0 Å². The van der Waals surface area contributed by atoms with E-state index in [1.807, 2.05) is 6.07 Å². The summed E-state index contributed by atoms with van der Waals surface area (Å²) in [5, 5.41) is 3.30. The third-order valence-electron chi connectivity index (χ3n) is 3.12. The minimum atomic E-state index is -0.125. The van der Waals surface area contributed by atoms with Crippen LogP contribution in [-0.2, 0) is 0 Å². The first kappa shape index (κ1) is 14.9. The van der Waals surface area contributed by atoms with Crippen LogP contribution in [0.1, 0.15) is 18.5 Å². The van der Waals surface area contributed by atoms with E-state index in [1.54, 1.807) is 6.07 Å². The van der Waals surface area contributed by atoms with Crippen LogP contribution in [-0.4, -0.2) is 31.1 Å². The van der Waals surface area contributed by atoms with E-state index in [1.165, 1.54) is 6.07 Å². The molecule has 0 radical (unpaired) electrons. The van der Waals surface area contributed by atoms with E-state index in [9.17, 15) is 4.39 Å². The van der Waals surface area contributed by atoms with Crippen molar-refractivity contribution < 1.29 is 4.39 Å². The van der Waals surface area contributed by atoms with Gasteiger partial charge in [-0.25, -0.2) is 4.39 Å². The average molecular weight is 324 g/mol. The third kappa shape index (κ3) is 3.41. The lowest BCUT2D eigenvalue weighted by atomic mass is 10.1. The smallest absolute Gasteiger partial charge is 0.129 e. The van der Waals surface area contributed by atoms with Gasteiger partial charge in [-0.15, -0.1) is 12.4 Å². The average Bonchev–Trinajstić information content (AvgIpc) is 2.30. The molecular weight excluding hydrogens is 307 g/mol. The number of nitrogens with one attached hydrogen (secondary N) is 1. The maximum Gasteiger partial charge on any atom is 0.129 e. The predicted molar refractivity (Wildman–Crippen MR) is 74.2 cm³/mol. The summed E-state index contributed by atoms with van der Waals surface area (Å²) in [6.07, 6.45) is 0. The largest absolute Gasteiger partial charge is 0.314 e. The second-order valence-corrected chi connectivity index (χ2v) is 4.95. The Morgan fingerprint density at radius 1 is 1.35 bits per heavy atom. The molecule has 0 aromatic heterocycles. The first-order chi connectivity index (χ1) is 7.70. The van der Waals surface area contributed by atoms with Gasteiger partial charge in [-0.2, -0.15) is 0 Å². The maximum atomic E-state index is 13.8. The van der Waals surface area contributed by atoms with Gasteiger partial charge >= 0.3 is 0 Å². The highest BCUT2D eigenvalue weighted by Gasteiger charge is 2.22. The lowest BCUT2D eigenvalue weighted by molar-refractivity contribution is 0.182. The molecule has 1 aromatic rings. The zero-order chi connectivity index (χ0) is 11.5. The third-order valence-corrected chi connectivity index (χ3v) is 3.81. The molecule has 0 saturated carbocycles. The molecule has 1 atom stereocenters. The van der Waals surface area contributed by atoms with Crippen LogP contribution >= 0.6 is 28.3 Å². The first-order valence-corrected chi connectivity index (χ1v) is 6.38. The van der Waals surface area contributed by atoms with E-state index in [0.29, 0.717) is 0 Å². The van der Waals surface area contributed by atoms with E-state index in [0.717, 1.165) is 36.2 Å². The highest BCUT2D eigenvalue weighted by molar-refractivity contribution is 9.10. The Labute approximate surface area is 116 Å². The summed E-state index contributed by atoms with van der Waals surface area (Å²) in [6, 6.07) is 5.28. The zero-order valence-corrected chi connectivity index (χ0v) is 12.2. The summed E-state index contributed by atoms with van der Waals surface area (Å²) in [5.41, 5.74) is 0.768. The number of hydrogen-bond acceptors (Lipinski definition) is 2. The van der Waals surface area contributed by atoms with Crippen molar-refractivity contribution in [3.63, 3.8) is 0 Å². The number of halogens is 3. The normalized spacial score (nSPS) is 18.5. The van der Waals surface area contributed by atoms with Crippen LogP contribution < -0.4 is 5.32 Å². The highest BCUT2D eigenvalue weighted by Crippen LogP contribution is 2.29. The first-order valence-electron chi connectivity index (χ1n) is 5.59. The van der Waals surface area contributed by atoms with Gasteiger partial charge in [0, 0.05) is 42.3 Å². The molecule has 17 heavy (non-hydrogen) atoms. The molecule has 0 aliphatic carbocycles. The zero-order valence-electron chi connectivity index (χ0n) is 9.75. The number of nitrogens with zero attached hydrogens (tertiary/aromatic N) is 1. The standard InChI is InChI=1S/C12H16BrFN2.ClH/c1-9(16-7-5-15-6-8-16)12-10(13)3-2-4-11(12)14;/h2-4,9,15H,5-8H2,1H3;1H/t9-;/m1./s1. The van der Waals surface area contributed by atoms with E-state index >= 15 is 0 Å². The number of piperazine rings is 1. The maximum absolute atomic E-state index is 13.8. The summed E-state index contributed by atoms with van der Waals surface area (Å²) in [5.74, 6) is -0.125. The summed E-state index contributed by atoms with van der Waals surface area (Å²) < 4.78 is 14.6. The van der Waals surface area contributed by atoms with Crippen molar-refractivity contribution in [2.75, 3.05) is 26.2 Å². The van der Waals surface area contributed by atoms with E-state index in [4.69, 9.17) is 0 Å². The van der Waals surface area contributed by atoms with Crippen molar-refractivity contribution in [3.8, 4) is 0 Å². The Kier molecular flexibility index (Phi) is 5.86. The van der Waals surface area contributed by atoms with E-state index in [-0.39, 0.29) is 24.3 Å². The lowest BCUT2D eigenvalue weighted by Crippen LogP contribution is -2.44. The minimum Gasteiger partial charge on any atom is -0.314 e. The predicted octanol–water partition coefficient (Wildman–Crippen LogP) is 2.98. The Hall–Kier alpha value is -0.160. The van der Waals surface area contributed by atoms with Crippen LogP contribution in [0.3, 0.4) is 0 Å². The summed E-state index contributed by atoms with van der Waals surface area (Å²) >= 11 is 3.43. The minimum absolute atomic E-state index is 0. The van der Waals surface area contributed by atoms with Gasteiger partial charge in [0.2, 0.25) is 0 Å². The van der Waals surface area contributed by atoms with Crippen molar-refractivity contribution in [1.29, 1.82) is 0 Å². The topological polar surface area (TPSA) is 15.3 Å². The molecular formula is C12H17BrClFN2. The summed E-state index contributed by atoms with van der Waals surface area (Å²) in [6.45, 7) is 5.98. The Bertz CT molecular complexity index is 349. The SMILES string of the molecule is C[C@H](c1c(F)cccc1Br)N1CCNCC1.Cl. The van der Waals surface area contributed by atoms with Crippen molar-refractivity contribution in [3.05, 3.63) is 34.1 Å². The lowest BCUT2D eigenvalue weighted by Gasteiger charge is -2.33. The number of rotatable bonds is 2. The van der Waals surface area contributed by atoms with Crippen LogP contribution in [0.5, 0.6) is 0 Å². The van der Waals surface area contributed by atoms with Crippen molar-refractivity contribution >= 4 is 28.3 Å². The van der Waals surface area contributed by atoms with Crippen LogP contribution in [0.2, 0.25) is 0 Å². The van der Waals surface area contributed by atoms with Gasteiger partial charge < -0.3 is 5.32 Å². The molecule has 0 spiro atoms. The van der Waals surface area contributed by atoms with Crippen molar-refractivity contribution in [2.24, 2.45) is 0 Å². The van der Waals surface area contributed by atoms with Gasteiger partial charge in [0.05, 0.1) is 0 Å². The molecule has 1 N–H and O–H groups in total. The molecule has 2 rings (SSSR count). The summed E-state index contributed by atoms with van der Waals surface area (Å²) in [7, 11) is 0. The summed E-state index contributed by atoms with van der Waals surface area (Å²) in [4.78, 5) is 2.31. The Morgan fingerprint density at radius 3 is 2.59 bits per heavy atom. The van der Waals surface area contributed by atoms with Crippen LogP contribution in [0, 0.1) is 5.82 Å². The molecule has 1 aromatic carbocycles. The fourth-order valence-electron chi connectivity index (χ4n) is 2.16. The molecule has 1 aliphatic rings. The van der Waals surface area contributed by atoms with Gasteiger partial charge in [-0.3, -0.25) is 4.90 Å². The fraction of sp³-hybridized carbons (Fsp3) is 0.500. The van der Waals surface area contributed by atoms with Crippen LogP contribution in [0.15, 0.2) is 22.7 Å². The van der Waals surface area contributed by atoms with Crippen molar-refractivity contribution in [1.82, 2.24) is 10.2 Å². The molecule has 1 aliphatic heterocycles. The van der Waals surface area contributed by atoms with Gasteiger partial charge in [0.25, 0.3) is 0 Å². The molecule has 96 valence electrons. The quantitative estimate of drug-likeness (QED) is 0.900. The highest BCUT2D eigenvalue weighted by atomic mass is 79.9. The number of hydrogen-bond donors (Lipinski definition) is 1. The van der Waals surface area contributed by atoms with E-state index < -0.39 is 0 Å². The van der Waals surface area contributed by atoms with Gasteiger partial charge in [0.15, 0.2) is 0 Å². The second-order valence-electron chi connectivity index (χ2n) is 4.10. The molecule has 2 nitrogen and oxygen atoms in total. The monoisotopic (exact) mass is 322 g/mol. The molecule has 1 fully saturated rings. The van der Waals surface area contributed by atoms with Gasteiger partial charge in [-0.05, 0) is 19.1 Å². The molecule has 1 heterocycles. The molecule has 0 amide bonds. The molecule has 0 bridgehead atoms. The Morgan fingerprint density at radius 2 is 2.00 bits per heavy atom. The Balaban J connectivity index is 0.00000144.